The molecule has 0 radical (unpaired) electrons. The van der Waals surface area contributed by atoms with Crippen molar-refractivity contribution in [2.45, 2.75) is 33.2 Å². The minimum absolute atomic E-state index is 0.497. The number of ether oxygens (including phenoxy) is 1. The molecule has 0 aromatic heterocycles. The molecule has 0 saturated carbocycles. The minimum Gasteiger partial charge on any atom is -0.471 e. The average Bonchev–Trinajstić information content (AvgIpc) is 2.35. The third kappa shape index (κ3) is 7.83. The zero-order valence-electron chi connectivity index (χ0n) is 12.7. The van der Waals surface area contributed by atoms with Crippen LogP contribution in [-0.4, -0.2) is 59.4 Å². The van der Waals surface area contributed by atoms with Gasteiger partial charge in [0.15, 0.2) is 0 Å². The second kappa shape index (κ2) is 10.6. The largest absolute Gasteiger partial charge is 0.501 e. The van der Waals surface area contributed by atoms with Gasteiger partial charge in [-0.1, -0.05) is 0 Å². The predicted octanol–water partition coefficient (Wildman–Crippen LogP) is 2.29. The lowest BCUT2D eigenvalue weighted by atomic mass is 10.5. The van der Waals surface area contributed by atoms with Gasteiger partial charge >= 0.3 is 8.80 Å². The van der Waals surface area contributed by atoms with Gasteiger partial charge in [0, 0.05) is 40.0 Å². The van der Waals surface area contributed by atoms with Crippen LogP contribution in [0.15, 0.2) is 0 Å². The van der Waals surface area contributed by atoms with E-state index in [1.165, 1.54) is 0 Å². The van der Waals surface area contributed by atoms with Crippen LogP contribution in [0.1, 0.15) is 27.2 Å². The van der Waals surface area contributed by atoms with Crippen molar-refractivity contribution in [3.05, 3.63) is 0 Å². The van der Waals surface area contributed by atoms with Crippen LogP contribution >= 0.6 is 12.2 Å². The fourth-order valence-corrected chi connectivity index (χ4v) is 4.24. The van der Waals surface area contributed by atoms with Crippen molar-refractivity contribution in [2.75, 3.05) is 40.5 Å². The average molecular weight is 310 g/mol. The Morgan fingerprint density at radius 1 is 1.00 bits per heavy atom. The lowest BCUT2D eigenvalue weighted by molar-refractivity contribution is 0.0694. The Bertz CT molecular complexity index is 237. The summed E-state index contributed by atoms with van der Waals surface area (Å²) in [5.41, 5.74) is 0. The normalized spacial score (nSPS) is 11.4. The number of thiocarbonyl (C=S) groups is 1. The molecule has 0 N–H and O–H groups in total. The maximum absolute atomic E-state index is 5.76. The SMILES string of the molecule is CCO[Si](CCCOC(=S)N(C)C)(OCC)OCC. The zero-order valence-corrected chi connectivity index (χ0v) is 14.5. The van der Waals surface area contributed by atoms with E-state index < -0.39 is 8.80 Å². The molecule has 7 heteroatoms. The summed E-state index contributed by atoms with van der Waals surface area (Å²) >= 11 is 5.06. The fourth-order valence-electron chi connectivity index (χ4n) is 1.58. The van der Waals surface area contributed by atoms with Crippen LogP contribution < -0.4 is 0 Å². The lowest BCUT2D eigenvalue weighted by Gasteiger charge is -2.28. The third-order valence-electron chi connectivity index (χ3n) is 2.31. The van der Waals surface area contributed by atoms with E-state index in [4.69, 9.17) is 30.2 Å². The lowest BCUT2D eigenvalue weighted by Crippen LogP contribution is -2.46. The van der Waals surface area contributed by atoms with Gasteiger partial charge < -0.3 is 22.9 Å². The summed E-state index contributed by atoms with van der Waals surface area (Å²) in [7, 11) is 1.19. The van der Waals surface area contributed by atoms with E-state index in [0.717, 1.165) is 12.5 Å². The summed E-state index contributed by atoms with van der Waals surface area (Å²) < 4.78 is 22.7. The highest BCUT2D eigenvalue weighted by molar-refractivity contribution is 7.80. The quantitative estimate of drug-likeness (QED) is 0.350. The molecule has 0 amide bonds. The Balaban J connectivity index is 4.20. The Morgan fingerprint density at radius 3 is 1.84 bits per heavy atom. The summed E-state index contributed by atoms with van der Waals surface area (Å²) in [4.78, 5) is 1.77. The Labute approximate surface area is 123 Å². The maximum Gasteiger partial charge on any atom is 0.501 e. The first-order chi connectivity index (χ1) is 9.01. The molecule has 0 unspecified atom stereocenters. The highest BCUT2D eigenvalue weighted by Crippen LogP contribution is 2.18. The number of hydrogen-bond acceptors (Lipinski definition) is 5. The molecule has 19 heavy (non-hydrogen) atoms. The van der Waals surface area contributed by atoms with E-state index in [2.05, 4.69) is 0 Å². The van der Waals surface area contributed by atoms with Crippen molar-refractivity contribution in [2.24, 2.45) is 0 Å². The zero-order chi connectivity index (χ0) is 14.7. The van der Waals surface area contributed by atoms with E-state index in [1.54, 1.807) is 4.90 Å². The summed E-state index contributed by atoms with van der Waals surface area (Å²) in [5.74, 6) is 0. The fraction of sp³-hybridized carbons (Fsp3) is 0.917. The molecular weight excluding hydrogens is 282 g/mol. The molecule has 0 aliphatic rings. The molecule has 0 aromatic rings. The van der Waals surface area contributed by atoms with Crippen LogP contribution in [0.4, 0.5) is 0 Å². The standard InChI is InChI=1S/C12H27NO4SSi/c1-6-15-19(16-7-2,17-8-3)11-9-10-14-12(18)13(4)5/h6-11H2,1-5H3. The molecule has 0 aliphatic carbocycles. The molecule has 0 saturated heterocycles. The maximum atomic E-state index is 5.76. The van der Waals surface area contributed by atoms with E-state index in [0.29, 0.717) is 31.6 Å². The van der Waals surface area contributed by atoms with Gasteiger partial charge in [-0.25, -0.2) is 0 Å². The van der Waals surface area contributed by atoms with Crippen molar-refractivity contribution >= 4 is 26.2 Å². The van der Waals surface area contributed by atoms with Crippen molar-refractivity contribution in [1.82, 2.24) is 4.90 Å². The summed E-state index contributed by atoms with van der Waals surface area (Å²) in [6, 6.07) is 0.749. The molecule has 0 aliphatic heterocycles. The van der Waals surface area contributed by atoms with Gasteiger partial charge in [-0.2, -0.15) is 0 Å². The molecule has 0 rings (SSSR count). The summed E-state index contributed by atoms with van der Waals surface area (Å²) in [6.07, 6.45) is 0.806. The molecule has 0 bridgehead atoms. The smallest absolute Gasteiger partial charge is 0.471 e. The molecule has 5 nitrogen and oxygen atoms in total. The van der Waals surface area contributed by atoms with E-state index >= 15 is 0 Å². The summed E-state index contributed by atoms with van der Waals surface area (Å²) in [6.45, 7) is 8.22. The Morgan fingerprint density at radius 2 is 1.47 bits per heavy atom. The van der Waals surface area contributed by atoms with Crippen LogP contribution in [-0.2, 0) is 18.0 Å². The van der Waals surface area contributed by atoms with Crippen LogP contribution in [0.25, 0.3) is 0 Å². The van der Waals surface area contributed by atoms with Crippen molar-refractivity contribution in [1.29, 1.82) is 0 Å². The molecule has 0 heterocycles. The van der Waals surface area contributed by atoms with Gasteiger partial charge in [-0.3, -0.25) is 0 Å². The van der Waals surface area contributed by atoms with Gasteiger partial charge in [0.1, 0.15) is 0 Å². The number of hydrogen-bond donors (Lipinski definition) is 0. The molecule has 0 fully saturated rings. The van der Waals surface area contributed by atoms with Gasteiger partial charge in [0.2, 0.25) is 0 Å². The molecule has 0 aromatic carbocycles. The molecule has 0 spiro atoms. The van der Waals surface area contributed by atoms with E-state index in [1.807, 2.05) is 34.9 Å². The second-order valence-electron chi connectivity index (χ2n) is 4.09. The Kier molecular flexibility index (Phi) is 10.4. The predicted molar refractivity (Wildman–Crippen MR) is 82.3 cm³/mol. The minimum atomic E-state index is -2.53. The van der Waals surface area contributed by atoms with Gasteiger partial charge in [-0.15, -0.1) is 0 Å². The van der Waals surface area contributed by atoms with Gasteiger partial charge in [0.25, 0.3) is 5.17 Å². The van der Waals surface area contributed by atoms with Crippen LogP contribution in [0.5, 0.6) is 0 Å². The van der Waals surface area contributed by atoms with E-state index in [-0.39, 0.29) is 0 Å². The van der Waals surface area contributed by atoms with Crippen molar-refractivity contribution in [3.63, 3.8) is 0 Å². The highest BCUT2D eigenvalue weighted by atomic mass is 32.1. The molecule has 0 atom stereocenters. The molecule has 114 valence electrons. The van der Waals surface area contributed by atoms with Crippen molar-refractivity contribution < 1.29 is 18.0 Å². The van der Waals surface area contributed by atoms with Gasteiger partial charge in [0.05, 0.1) is 6.61 Å². The van der Waals surface area contributed by atoms with Crippen molar-refractivity contribution in [3.8, 4) is 0 Å². The third-order valence-corrected chi connectivity index (χ3v) is 5.95. The number of rotatable bonds is 10. The van der Waals surface area contributed by atoms with Crippen LogP contribution in [0, 0.1) is 0 Å². The Hall–Kier alpha value is -0.213. The topological polar surface area (TPSA) is 40.2 Å². The first-order valence-corrected chi connectivity index (χ1v) is 9.11. The highest BCUT2D eigenvalue weighted by Gasteiger charge is 2.39. The first kappa shape index (κ1) is 18.8. The molecular formula is C12H27NO4SSi. The second-order valence-corrected chi connectivity index (χ2v) is 7.18. The van der Waals surface area contributed by atoms with Crippen LogP contribution in [0.3, 0.4) is 0 Å². The summed E-state index contributed by atoms with van der Waals surface area (Å²) in [5, 5.41) is 0.497. The van der Waals surface area contributed by atoms with Crippen LogP contribution in [0.2, 0.25) is 6.04 Å². The first-order valence-electron chi connectivity index (χ1n) is 6.77. The number of nitrogens with zero attached hydrogens (tertiary/aromatic N) is 1. The van der Waals surface area contributed by atoms with Gasteiger partial charge in [-0.05, 0) is 39.4 Å². The van der Waals surface area contributed by atoms with E-state index in [9.17, 15) is 0 Å². The monoisotopic (exact) mass is 309 g/mol.